The van der Waals surface area contributed by atoms with Crippen LogP contribution in [-0.4, -0.2) is 38.1 Å². The molecule has 1 aromatic carbocycles. The molecule has 1 unspecified atom stereocenters. The van der Waals surface area contributed by atoms with E-state index in [2.05, 4.69) is 15.3 Å². The lowest BCUT2D eigenvalue weighted by Crippen LogP contribution is -2.04. The zero-order chi connectivity index (χ0) is 14.4. The molecule has 7 heteroatoms. The van der Waals surface area contributed by atoms with Crippen LogP contribution >= 0.6 is 11.3 Å². The summed E-state index contributed by atoms with van der Waals surface area (Å²) in [7, 11) is 0. The smallest absolute Gasteiger partial charge is 0.234 e. The number of ether oxygens (including phenoxy) is 1. The number of fused-ring (bicyclic) bond motifs is 1. The van der Waals surface area contributed by atoms with Crippen molar-refractivity contribution < 1.29 is 9.84 Å². The van der Waals surface area contributed by atoms with Crippen LogP contribution in [0, 0.1) is 6.92 Å². The van der Waals surface area contributed by atoms with E-state index < -0.39 is 0 Å². The van der Waals surface area contributed by atoms with Gasteiger partial charge in [0.1, 0.15) is 10.8 Å². The van der Waals surface area contributed by atoms with Gasteiger partial charge in [-0.15, -0.1) is 10.2 Å². The third-order valence-corrected chi connectivity index (χ3v) is 4.78. The normalized spacial score (nSPS) is 18.6. The van der Waals surface area contributed by atoms with Crippen molar-refractivity contribution in [1.29, 1.82) is 0 Å². The van der Waals surface area contributed by atoms with Gasteiger partial charge in [-0.25, -0.2) is 0 Å². The summed E-state index contributed by atoms with van der Waals surface area (Å²) >= 11 is 1.48. The monoisotopic (exact) mass is 302 g/mol. The van der Waals surface area contributed by atoms with Crippen molar-refractivity contribution >= 4 is 16.3 Å². The van der Waals surface area contributed by atoms with E-state index in [1.54, 1.807) is 6.07 Å². The highest BCUT2D eigenvalue weighted by Crippen LogP contribution is 2.33. The van der Waals surface area contributed by atoms with Crippen molar-refractivity contribution in [3.05, 3.63) is 29.6 Å². The van der Waals surface area contributed by atoms with Gasteiger partial charge in [-0.05, 0) is 19.4 Å². The Kier molecular flexibility index (Phi) is 2.90. The first-order chi connectivity index (χ1) is 10.2. The molecule has 6 nitrogen and oxygen atoms in total. The van der Waals surface area contributed by atoms with Gasteiger partial charge in [0, 0.05) is 23.7 Å². The lowest BCUT2D eigenvalue weighted by atomic mass is 10.1. The zero-order valence-electron chi connectivity index (χ0n) is 11.5. The van der Waals surface area contributed by atoms with E-state index in [0.29, 0.717) is 6.61 Å². The van der Waals surface area contributed by atoms with Crippen molar-refractivity contribution in [3.8, 4) is 16.3 Å². The molecule has 1 saturated heterocycles. The van der Waals surface area contributed by atoms with Crippen LogP contribution in [0.4, 0.5) is 0 Å². The standard InChI is InChI=1S/C14H14N4O2S/c1-8-10(3-2-4-11(8)19)13-17-18-12(9-5-6-20-7-9)15-16-14(18)21-13/h2-4,9,19H,5-7H2,1H3. The van der Waals surface area contributed by atoms with Gasteiger partial charge in [0.05, 0.1) is 6.61 Å². The van der Waals surface area contributed by atoms with Gasteiger partial charge in [-0.1, -0.05) is 23.5 Å². The van der Waals surface area contributed by atoms with Gasteiger partial charge in [0.25, 0.3) is 0 Å². The van der Waals surface area contributed by atoms with E-state index in [0.717, 1.165) is 39.9 Å². The Morgan fingerprint density at radius 1 is 1.38 bits per heavy atom. The summed E-state index contributed by atoms with van der Waals surface area (Å²) in [6, 6.07) is 5.46. The minimum Gasteiger partial charge on any atom is -0.508 e. The highest BCUT2D eigenvalue weighted by atomic mass is 32.1. The van der Waals surface area contributed by atoms with Gasteiger partial charge in [-0.2, -0.15) is 9.61 Å². The molecule has 2 aromatic heterocycles. The van der Waals surface area contributed by atoms with Crippen molar-refractivity contribution in [3.63, 3.8) is 0 Å². The molecule has 3 aromatic rings. The van der Waals surface area contributed by atoms with Crippen LogP contribution in [0.5, 0.6) is 5.75 Å². The molecule has 1 fully saturated rings. The molecule has 1 aliphatic heterocycles. The summed E-state index contributed by atoms with van der Waals surface area (Å²) < 4.78 is 7.23. The zero-order valence-corrected chi connectivity index (χ0v) is 12.3. The quantitative estimate of drug-likeness (QED) is 0.787. The summed E-state index contributed by atoms with van der Waals surface area (Å²) in [5, 5.41) is 23.8. The van der Waals surface area contributed by atoms with Gasteiger partial charge >= 0.3 is 0 Å². The van der Waals surface area contributed by atoms with Crippen molar-refractivity contribution in [1.82, 2.24) is 19.8 Å². The molecular weight excluding hydrogens is 288 g/mol. The second kappa shape index (κ2) is 4.78. The Hall–Kier alpha value is -1.99. The predicted molar refractivity (Wildman–Crippen MR) is 78.7 cm³/mol. The maximum Gasteiger partial charge on any atom is 0.234 e. The molecule has 21 heavy (non-hydrogen) atoms. The molecule has 0 aliphatic carbocycles. The largest absolute Gasteiger partial charge is 0.508 e. The average Bonchev–Trinajstić information content (AvgIpc) is 3.16. The topological polar surface area (TPSA) is 72.5 Å². The summed E-state index contributed by atoms with van der Waals surface area (Å²) in [5.74, 6) is 1.41. The Balaban J connectivity index is 1.82. The number of phenols is 1. The van der Waals surface area contributed by atoms with E-state index in [4.69, 9.17) is 4.74 Å². The molecule has 108 valence electrons. The molecule has 0 bridgehead atoms. The van der Waals surface area contributed by atoms with Gasteiger partial charge in [0.2, 0.25) is 4.96 Å². The van der Waals surface area contributed by atoms with Crippen LogP contribution in [0.15, 0.2) is 18.2 Å². The molecule has 1 N–H and O–H groups in total. The van der Waals surface area contributed by atoms with E-state index in [9.17, 15) is 5.11 Å². The second-order valence-electron chi connectivity index (χ2n) is 5.17. The number of aromatic nitrogens is 4. The van der Waals surface area contributed by atoms with Crippen molar-refractivity contribution in [2.75, 3.05) is 13.2 Å². The number of phenolic OH excluding ortho intramolecular Hbond substituents is 1. The Morgan fingerprint density at radius 3 is 3.10 bits per heavy atom. The lowest BCUT2D eigenvalue weighted by Gasteiger charge is -2.04. The third kappa shape index (κ3) is 2.00. The fourth-order valence-corrected chi connectivity index (χ4v) is 3.52. The molecule has 0 amide bonds. The van der Waals surface area contributed by atoms with Crippen LogP contribution in [0.25, 0.3) is 15.5 Å². The minimum atomic E-state index is 0.264. The number of nitrogens with zero attached hydrogens (tertiary/aromatic N) is 4. The number of hydrogen-bond donors (Lipinski definition) is 1. The van der Waals surface area contributed by atoms with Gasteiger partial charge in [-0.3, -0.25) is 0 Å². The molecule has 4 rings (SSSR count). The fraction of sp³-hybridized carbons (Fsp3) is 0.357. The summed E-state index contributed by atoms with van der Waals surface area (Å²) in [6.45, 7) is 3.33. The Bertz CT molecular complexity index is 805. The van der Waals surface area contributed by atoms with E-state index in [-0.39, 0.29) is 11.7 Å². The highest BCUT2D eigenvalue weighted by Gasteiger charge is 2.25. The number of hydrogen-bond acceptors (Lipinski definition) is 6. The van der Waals surface area contributed by atoms with Crippen LogP contribution in [-0.2, 0) is 4.74 Å². The van der Waals surface area contributed by atoms with Crippen molar-refractivity contribution in [2.24, 2.45) is 0 Å². The van der Waals surface area contributed by atoms with Crippen LogP contribution < -0.4 is 0 Å². The first kappa shape index (κ1) is 12.7. The van der Waals surface area contributed by atoms with E-state index in [1.807, 2.05) is 23.6 Å². The average molecular weight is 302 g/mol. The summed E-state index contributed by atoms with van der Waals surface area (Å²) in [4.78, 5) is 0.773. The number of rotatable bonds is 2. The molecule has 0 spiro atoms. The minimum absolute atomic E-state index is 0.264. The molecule has 0 radical (unpaired) electrons. The molecule has 1 atom stereocenters. The summed E-state index contributed by atoms with van der Waals surface area (Å²) in [5.41, 5.74) is 1.76. The Labute approximate surface area is 125 Å². The number of aromatic hydroxyl groups is 1. The van der Waals surface area contributed by atoms with E-state index >= 15 is 0 Å². The summed E-state index contributed by atoms with van der Waals surface area (Å²) in [6.07, 6.45) is 0.957. The van der Waals surface area contributed by atoms with Gasteiger partial charge < -0.3 is 9.84 Å². The Morgan fingerprint density at radius 2 is 2.29 bits per heavy atom. The first-order valence-electron chi connectivity index (χ1n) is 6.83. The molecular formula is C14H14N4O2S. The van der Waals surface area contributed by atoms with E-state index in [1.165, 1.54) is 11.3 Å². The molecule has 0 saturated carbocycles. The third-order valence-electron chi connectivity index (χ3n) is 3.85. The van der Waals surface area contributed by atoms with Crippen LogP contribution in [0.3, 0.4) is 0 Å². The maximum absolute atomic E-state index is 9.84. The van der Waals surface area contributed by atoms with Crippen molar-refractivity contribution in [2.45, 2.75) is 19.3 Å². The first-order valence-corrected chi connectivity index (χ1v) is 7.64. The molecule has 1 aliphatic rings. The second-order valence-corrected chi connectivity index (χ2v) is 6.13. The lowest BCUT2D eigenvalue weighted by molar-refractivity contribution is 0.193. The van der Waals surface area contributed by atoms with Crippen LogP contribution in [0.2, 0.25) is 0 Å². The maximum atomic E-state index is 9.84. The number of benzene rings is 1. The SMILES string of the molecule is Cc1c(O)cccc1-c1nn2c(C3CCOC3)nnc2s1. The highest BCUT2D eigenvalue weighted by molar-refractivity contribution is 7.19. The van der Waals surface area contributed by atoms with Gasteiger partial charge in [0.15, 0.2) is 5.82 Å². The van der Waals surface area contributed by atoms with Crippen LogP contribution in [0.1, 0.15) is 23.7 Å². The predicted octanol–water partition coefficient (Wildman–Crippen LogP) is 2.37. The fourth-order valence-electron chi connectivity index (χ4n) is 2.59. The molecule has 3 heterocycles.